The maximum Gasteiger partial charge on any atom is 0.383 e. The molecule has 1 heterocycles. The van der Waals surface area contributed by atoms with Crippen LogP contribution < -0.4 is 9.26 Å². The zero-order valence-corrected chi connectivity index (χ0v) is 14.0. The van der Waals surface area contributed by atoms with Crippen molar-refractivity contribution in [1.29, 1.82) is 0 Å². The molecule has 124 valence electrons. The molecular weight excluding hydrogens is 329 g/mol. The fourth-order valence-corrected chi connectivity index (χ4v) is 4.20. The van der Waals surface area contributed by atoms with E-state index in [0.29, 0.717) is 11.5 Å². The summed E-state index contributed by atoms with van der Waals surface area (Å²) in [6.07, 6.45) is 0.184. The molecular formula is C16H16N3O4P. The fourth-order valence-electron chi connectivity index (χ4n) is 2.41. The van der Waals surface area contributed by atoms with Gasteiger partial charge in [0.2, 0.25) is 0 Å². The number of azide groups is 1. The molecule has 2 aromatic carbocycles. The van der Waals surface area contributed by atoms with Gasteiger partial charge in [-0.05, 0) is 41.8 Å². The molecule has 0 bridgehead atoms. The average Bonchev–Trinajstić information content (AvgIpc) is 2.57. The second-order valence-corrected chi connectivity index (χ2v) is 7.31. The maximum absolute atomic E-state index is 12.9. The monoisotopic (exact) mass is 345 g/mol. The zero-order chi connectivity index (χ0) is 17.0. The van der Waals surface area contributed by atoms with Crippen molar-refractivity contribution in [3.63, 3.8) is 0 Å². The van der Waals surface area contributed by atoms with Gasteiger partial charge < -0.3 is 9.26 Å². The molecule has 0 radical (unpaired) electrons. The first-order valence-electron chi connectivity index (χ1n) is 7.34. The number of benzene rings is 2. The zero-order valence-electron chi connectivity index (χ0n) is 13.1. The van der Waals surface area contributed by atoms with E-state index in [4.69, 9.17) is 19.3 Å². The largest absolute Gasteiger partial charge is 0.488 e. The van der Waals surface area contributed by atoms with Gasteiger partial charge in [0.1, 0.15) is 11.5 Å². The molecule has 1 atom stereocenters. The van der Waals surface area contributed by atoms with Crippen LogP contribution in [0.25, 0.3) is 10.4 Å². The average molecular weight is 345 g/mol. The lowest BCUT2D eigenvalue weighted by atomic mass is 10.1. The van der Waals surface area contributed by atoms with Crippen LogP contribution in [0.15, 0.2) is 47.6 Å². The lowest BCUT2D eigenvalue weighted by Gasteiger charge is -2.26. The van der Waals surface area contributed by atoms with Gasteiger partial charge >= 0.3 is 7.60 Å². The molecule has 0 N–H and O–H groups in total. The standard InChI is InChI=1S/C16H16N3O4P/c1-12-8-15(21-11-18-19-17)7-6-14(12)10-24(20)22-9-13-4-2-3-5-16(13)23-24/h2-8H,9-11H2,1H3. The molecule has 0 spiro atoms. The van der Waals surface area contributed by atoms with Crippen molar-refractivity contribution in [3.8, 4) is 11.5 Å². The lowest BCUT2D eigenvalue weighted by Crippen LogP contribution is -2.09. The number of hydrogen-bond acceptors (Lipinski definition) is 5. The van der Waals surface area contributed by atoms with E-state index in [1.165, 1.54) is 0 Å². The molecule has 0 aliphatic carbocycles. The molecule has 0 saturated heterocycles. The lowest BCUT2D eigenvalue weighted by molar-refractivity contribution is 0.231. The Morgan fingerprint density at radius 3 is 2.96 bits per heavy atom. The third kappa shape index (κ3) is 3.71. The van der Waals surface area contributed by atoms with Crippen LogP contribution in [0.4, 0.5) is 0 Å². The van der Waals surface area contributed by atoms with Crippen LogP contribution in [0, 0.1) is 6.92 Å². The second kappa shape index (κ2) is 6.97. The SMILES string of the molecule is Cc1cc(OCN=[N+]=[N-])ccc1CP1(=O)OCc2ccccc2O1. The van der Waals surface area contributed by atoms with Gasteiger partial charge in [-0.25, -0.2) is 4.57 Å². The van der Waals surface area contributed by atoms with Gasteiger partial charge in [0, 0.05) is 10.5 Å². The third-order valence-corrected chi connectivity index (χ3v) is 5.38. The molecule has 8 heteroatoms. The van der Waals surface area contributed by atoms with Crippen molar-refractivity contribution >= 4 is 7.60 Å². The highest BCUT2D eigenvalue weighted by Gasteiger charge is 2.32. The molecule has 1 aliphatic heterocycles. The minimum Gasteiger partial charge on any atom is -0.488 e. The smallest absolute Gasteiger partial charge is 0.383 e. The minimum absolute atomic E-state index is 0.0726. The molecule has 7 nitrogen and oxygen atoms in total. The van der Waals surface area contributed by atoms with Crippen molar-refractivity contribution < 1.29 is 18.3 Å². The summed E-state index contributed by atoms with van der Waals surface area (Å²) in [5, 5.41) is 3.32. The molecule has 3 rings (SSSR count). The Balaban J connectivity index is 1.74. The van der Waals surface area contributed by atoms with Crippen LogP contribution in [0.1, 0.15) is 16.7 Å². The first kappa shape index (κ1) is 16.4. The van der Waals surface area contributed by atoms with Crippen LogP contribution in [-0.2, 0) is 21.9 Å². The summed E-state index contributed by atoms with van der Waals surface area (Å²) in [6.45, 7) is 2.09. The maximum atomic E-state index is 12.9. The summed E-state index contributed by atoms with van der Waals surface area (Å²) in [7, 11) is -3.24. The Morgan fingerprint density at radius 1 is 1.33 bits per heavy atom. The molecule has 24 heavy (non-hydrogen) atoms. The summed E-state index contributed by atoms with van der Waals surface area (Å²) < 4.78 is 29.3. The number of hydrogen-bond donors (Lipinski definition) is 0. The second-order valence-electron chi connectivity index (χ2n) is 5.33. The molecule has 0 saturated carbocycles. The van der Waals surface area contributed by atoms with Crippen LogP contribution in [0.5, 0.6) is 11.5 Å². The highest BCUT2D eigenvalue weighted by atomic mass is 31.2. The highest BCUT2D eigenvalue weighted by Crippen LogP contribution is 2.56. The number of nitrogens with zero attached hydrogens (tertiary/aromatic N) is 3. The van der Waals surface area contributed by atoms with E-state index in [0.717, 1.165) is 16.7 Å². The molecule has 2 aromatic rings. The van der Waals surface area contributed by atoms with Gasteiger partial charge in [-0.2, -0.15) is 0 Å². The molecule has 1 aliphatic rings. The van der Waals surface area contributed by atoms with Crippen LogP contribution in [-0.4, -0.2) is 6.73 Å². The van der Waals surface area contributed by atoms with Crippen LogP contribution >= 0.6 is 7.60 Å². The normalized spacial score (nSPS) is 18.9. The molecule has 0 amide bonds. The third-order valence-electron chi connectivity index (χ3n) is 3.66. The summed E-state index contributed by atoms with van der Waals surface area (Å²) in [6, 6.07) is 12.8. The molecule has 0 aromatic heterocycles. The Hall–Kier alpha value is -2.46. The quantitative estimate of drug-likeness (QED) is 0.332. The van der Waals surface area contributed by atoms with Gasteiger partial charge in [0.15, 0.2) is 6.73 Å². The summed E-state index contributed by atoms with van der Waals surface area (Å²) in [5.74, 6) is 1.19. The molecule has 0 fully saturated rings. The van der Waals surface area contributed by atoms with E-state index in [2.05, 4.69) is 10.0 Å². The highest BCUT2D eigenvalue weighted by molar-refractivity contribution is 7.53. The number of para-hydroxylation sites is 1. The summed E-state index contributed by atoms with van der Waals surface area (Å²) in [4.78, 5) is 2.63. The number of fused-ring (bicyclic) bond motifs is 1. The summed E-state index contributed by atoms with van der Waals surface area (Å²) in [5.41, 5.74) is 10.9. The van der Waals surface area contributed by atoms with Gasteiger partial charge in [-0.3, -0.25) is 4.52 Å². The number of ether oxygens (including phenoxy) is 1. The van der Waals surface area contributed by atoms with Gasteiger partial charge in [-0.15, -0.1) is 0 Å². The van der Waals surface area contributed by atoms with Crippen molar-refractivity contribution in [2.75, 3.05) is 6.73 Å². The van der Waals surface area contributed by atoms with Gasteiger partial charge in [0.25, 0.3) is 0 Å². The van der Waals surface area contributed by atoms with E-state index in [1.54, 1.807) is 18.2 Å². The van der Waals surface area contributed by atoms with E-state index < -0.39 is 7.60 Å². The van der Waals surface area contributed by atoms with Crippen LogP contribution in [0.2, 0.25) is 0 Å². The van der Waals surface area contributed by atoms with E-state index in [-0.39, 0.29) is 19.5 Å². The predicted molar refractivity (Wildman–Crippen MR) is 89.0 cm³/mol. The predicted octanol–water partition coefficient (Wildman–Crippen LogP) is 4.94. The number of rotatable bonds is 5. The van der Waals surface area contributed by atoms with Gasteiger partial charge in [-0.1, -0.05) is 29.4 Å². The molecule has 1 unspecified atom stereocenters. The van der Waals surface area contributed by atoms with Crippen LogP contribution in [0.3, 0.4) is 0 Å². The van der Waals surface area contributed by atoms with E-state index in [1.807, 2.05) is 31.2 Å². The fraction of sp³-hybridized carbons (Fsp3) is 0.250. The van der Waals surface area contributed by atoms with Crippen molar-refractivity contribution in [2.45, 2.75) is 19.7 Å². The number of aryl methyl sites for hydroxylation is 1. The van der Waals surface area contributed by atoms with Crippen molar-refractivity contribution in [2.24, 2.45) is 5.11 Å². The van der Waals surface area contributed by atoms with Crippen molar-refractivity contribution in [3.05, 3.63) is 69.6 Å². The van der Waals surface area contributed by atoms with E-state index >= 15 is 0 Å². The Morgan fingerprint density at radius 2 is 2.17 bits per heavy atom. The van der Waals surface area contributed by atoms with Crippen molar-refractivity contribution in [1.82, 2.24) is 0 Å². The first-order valence-corrected chi connectivity index (χ1v) is 9.07. The topological polar surface area (TPSA) is 93.5 Å². The van der Waals surface area contributed by atoms with Gasteiger partial charge in [0.05, 0.1) is 12.8 Å². The first-order chi connectivity index (χ1) is 11.6. The summed E-state index contributed by atoms with van der Waals surface area (Å²) >= 11 is 0. The Labute approximate surface area is 139 Å². The minimum atomic E-state index is -3.24. The van der Waals surface area contributed by atoms with E-state index in [9.17, 15) is 4.57 Å². The Bertz CT molecular complexity index is 849. The Kier molecular flexibility index (Phi) is 4.76.